The van der Waals surface area contributed by atoms with E-state index in [4.69, 9.17) is 0 Å². The molecule has 0 spiro atoms. The van der Waals surface area contributed by atoms with Crippen LogP contribution in [0.1, 0.15) is 28.8 Å². The van der Waals surface area contributed by atoms with Crippen LogP contribution in [0.3, 0.4) is 0 Å². The van der Waals surface area contributed by atoms with Gasteiger partial charge in [0.15, 0.2) is 0 Å². The topological polar surface area (TPSA) is 57.6 Å². The molecule has 1 saturated carbocycles. The highest BCUT2D eigenvalue weighted by Crippen LogP contribution is 2.46. The Labute approximate surface area is 136 Å². The Kier molecular flexibility index (Phi) is 4.01. The van der Waals surface area contributed by atoms with Gasteiger partial charge < -0.3 is 10.0 Å². The minimum atomic E-state index is -0.911. The van der Waals surface area contributed by atoms with Crippen molar-refractivity contribution in [3.05, 3.63) is 33.8 Å². The van der Waals surface area contributed by atoms with Crippen LogP contribution in [0.15, 0.2) is 22.7 Å². The SMILES string of the molecule is Cc1ccc(Br)cc1C(=O)N1C(C(=O)O)CSC1C1CC1. The van der Waals surface area contributed by atoms with Gasteiger partial charge in [-0.2, -0.15) is 0 Å². The zero-order chi connectivity index (χ0) is 15.1. The molecule has 3 rings (SSSR count). The highest BCUT2D eigenvalue weighted by atomic mass is 79.9. The van der Waals surface area contributed by atoms with Crippen molar-refractivity contribution < 1.29 is 14.7 Å². The maximum Gasteiger partial charge on any atom is 0.327 e. The van der Waals surface area contributed by atoms with Crippen molar-refractivity contribution in [1.82, 2.24) is 4.90 Å². The van der Waals surface area contributed by atoms with Crippen LogP contribution in [0.2, 0.25) is 0 Å². The number of aryl methyl sites for hydroxylation is 1. The Bertz CT molecular complexity index is 603. The van der Waals surface area contributed by atoms with E-state index in [0.29, 0.717) is 17.2 Å². The molecule has 1 amide bonds. The molecule has 1 saturated heterocycles. The summed E-state index contributed by atoms with van der Waals surface area (Å²) in [6, 6.07) is 4.83. The van der Waals surface area contributed by atoms with Crippen LogP contribution in [0.4, 0.5) is 0 Å². The van der Waals surface area contributed by atoms with Gasteiger partial charge in [-0.1, -0.05) is 22.0 Å². The van der Waals surface area contributed by atoms with Crippen LogP contribution in [0, 0.1) is 12.8 Å². The third-order valence-electron chi connectivity index (χ3n) is 4.01. The Hall–Kier alpha value is -1.01. The monoisotopic (exact) mass is 369 g/mol. The molecular weight excluding hydrogens is 354 g/mol. The first-order chi connectivity index (χ1) is 9.99. The Morgan fingerprint density at radius 3 is 2.71 bits per heavy atom. The molecule has 0 aromatic heterocycles. The van der Waals surface area contributed by atoms with Gasteiger partial charge in [-0.05, 0) is 43.4 Å². The number of hydrogen-bond donors (Lipinski definition) is 1. The molecule has 2 aliphatic rings. The number of carboxylic acids is 1. The van der Waals surface area contributed by atoms with Crippen molar-refractivity contribution >= 4 is 39.6 Å². The van der Waals surface area contributed by atoms with Gasteiger partial charge in [0.05, 0.1) is 5.37 Å². The van der Waals surface area contributed by atoms with Crippen molar-refractivity contribution in [1.29, 1.82) is 0 Å². The second-order valence-corrected chi connectivity index (χ2v) is 7.65. The summed E-state index contributed by atoms with van der Waals surface area (Å²) in [5.41, 5.74) is 1.46. The number of amides is 1. The zero-order valence-electron chi connectivity index (χ0n) is 11.6. The summed E-state index contributed by atoms with van der Waals surface area (Å²) in [6.45, 7) is 1.88. The highest BCUT2D eigenvalue weighted by molar-refractivity contribution is 9.10. The normalized spacial score (nSPS) is 25.1. The van der Waals surface area contributed by atoms with Crippen molar-refractivity contribution in [3.8, 4) is 0 Å². The van der Waals surface area contributed by atoms with Gasteiger partial charge in [-0.15, -0.1) is 11.8 Å². The molecule has 1 N–H and O–H groups in total. The summed E-state index contributed by atoms with van der Waals surface area (Å²) in [5, 5.41) is 9.42. The van der Waals surface area contributed by atoms with Crippen LogP contribution >= 0.6 is 27.7 Å². The minimum Gasteiger partial charge on any atom is -0.480 e. The number of benzene rings is 1. The molecule has 2 unspecified atom stereocenters. The lowest BCUT2D eigenvalue weighted by molar-refractivity contribution is -0.141. The van der Waals surface area contributed by atoms with E-state index in [1.54, 1.807) is 22.7 Å². The fourth-order valence-corrected chi connectivity index (χ4v) is 4.67. The number of hydrogen-bond acceptors (Lipinski definition) is 3. The molecule has 2 fully saturated rings. The molecule has 6 heteroatoms. The Morgan fingerprint density at radius 2 is 2.10 bits per heavy atom. The fourth-order valence-electron chi connectivity index (χ4n) is 2.68. The molecule has 2 atom stereocenters. The molecule has 1 aliphatic heterocycles. The van der Waals surface area contributed by atoms with Crippen molar-refractivity contribution in [3.63, 3.8) is 0 Å². The number of carboxylic acid groups (broad SMARTS) is 1. The van der Waals surface area contributed by atoms with E-state index in [9.17, 15) is 14.7 Å². The molecule has 1 aliphatic carbocycles. The minimum absolute atomic E-state index is 0.0111. The van der Waals surface area contributed by atoms with Crippen LogP contribution in [0.5, 0.6) is 0 Å². The Morgan fingerprint density at radius 1 is 1.38 bits per heavy atom. The summed E-state index contributed by atoms with van der Waals surface area (Å²) in [6.07, 6.45) is 2.18. The number of aliphatic carboxylic acids is 1. The first kappa shape index (κ1) is 14.9. The lowest BCUT2D eigenvalue weighted by Crippen LogP contribution is -2.46. The smallest absolute Gasteiger partial charge is 0.327 e. The quantitative estimate of drug-likeness (QED) is 0.888. The van der Waals surface area contributed by atoms with Crippen molar-refractivity contribution in [2.45, 2.75) is 31.2 Å². The molecular formula is C15H16BrNO3S. The van der Waals surface area contributed by atoms with E-state index < -0.39 is 12.0 Å². The van der Waals surface area contributed by atoms with Gasteiger partial charge in [-0.25, -0.2) is 4.79 Å². The van der Waals surface area contributed by atoms with Gasteiger partial charge >= 0.3 is 5.97 Å². The Balaban J connectivity index is 1.95. The lowest BCUT2D eigenvalue weighted by Gasteiger charge is -2.28. The maximum atomic E-state index is 12.9. The first-order valence-corrected chi connectivity index (χ1v) is 8.76. The number of carbonyl (C=O) groups is 2. The van der Waals surface area contributed by atoms with E-state index in [1.165, 1.54) is 0 Å². The van der Waals surface area contributed by atoms with E-state index in [0.717, 1.165) is 22.9 Å². The van der Waals surface area contributed by atoms with Gasteiger partial charge in [0.25, 0.3) is 5.91 Å². The van der Waals surface area contributed by atoms with Crippen LogP contribution in [-0.2, 0) is 4.79 Å². The van der Waals surface area contributed by atoms with Gasteiger partial charge in [0.2, 0.25) is 0 Å². The average Bonchev–Trinajstić information content (AvgIpc) is 3.19. The molecule has 1 aromatic carbocycles. The molecule has 0 bridgehead atoms. The molecule has 1 heterocycles. The van der Waals surface area contributed by atoms with E-state index in [2.05, 4.69) is 15.9 Å². The standard InChI is InChI=1S/C15H16BrNO3S/c1-8-2-5-10(16)6-11(8)13(18)17-12(15(19)20)7-21-14(17)9-3-4-9/h2,5-6,9,12,14H,3-4,7H2,1H3,(H,19,20). The van der Waals surface area contributed by atoms with Crippen LogP contribution in [0.25, 0.3) is 0 Å². The van der Waals surface area contributed by atoms with Crippen LogP contribution < -0.4 is 0 Å². The second-order valence-electron chi connectivity index (χ2n) is 5.59. The molecule has 0 radical (unpaired) electrons. The van der Waals surface area contributed by atoms with E-state index >= 15 is 0 Å². The molecule has 112 valence electrons. The average molecular weight is 370 g/mol. The molecule has 1 aromatic rings. The van der Waals surface area contributed by atoms with Gasteiger partial charge in [0, 0.05) is 15.8 Å². The maximum absolute atomic E-state index is 12.9. The van der Waals surface area contributed by atoms with Crippen molar-refractivity contribution in [2.75, 3.05) is 5.75 Å². The molecule has 21 heavy (non-hydrogen) atoms. The number of thioether (sulfide) groups is 1. The summed E-state index contributed by atoms with van der Waals surface area (Å²) >= 11 is 4.98. The predicted octanol–water partition coefficient (Wildman–Crippen LogP) is 3.14. The predicted molar refractivity (Wildman–Crippen MR) is 85.4 cm³/mol. The first-order valence-electron chi connectivity index (χ1n) is 6.92. The van der Waals surface area contributed by atoms with Gasteiger partial charge in [-0.3, -0.25) is 4.79 Å². The van der Waals surface area contributed by atoms with Crippen molar-refractivity contribution in [2.24, 2.45) is 5.92 Å². The highest BCUT2D eigenvalue weighted by Gasteiger charge is 2.48. The molecule has 4 nitrogen and oxygen atoms in total. The summed E-state index contributed by atoms with van der Waals surface area (Å²) in [5.74, 6) is -0.138. The lowest BCUT2D eigenvalue weighted by atomic mass is 10.1. The number of carbonyl (C=O) groups excluding carboxylic acids is 1. The summed E-state index contributed by atoms with van der Waals surface area (Å²) < 4.78 is 0.832. The van der Waals surface area contributed by atoms with Gasteiger partial charge in [0.1, 0.15) is 6.04 Å². The third kappa shape index (κ3) is 2.83. The third-order valence-corrected chi connectivity index (χ3v) is 5.96. The zero-order valence-corrected chi connectivity index (χ0v) is 14.0. The number of halogens is 1. The fraction of sp³-hybridized carbons (Fsp3) is 0.467. The summed E-state index contributed by atoms with van der Waals surface area (Å²) in [4.78, 5) is 26.0. The number of rotatable bonds is 3. The largest absolute Gasteiger partial charge is 0.480 e. The van der Waals surface area contributed by atoms with E-state index in [1.807, 2.05) is 19.1 Å². The summed E-state index contributed by atoms with van der Waals surface area (Å²) in [7, 11) is 0. The second kappa shape index (κ2) is 5.65. The van der Waals surface area contributed by atoms with E-state index in [-0.39, 0.29) is 11.3 Å². The van der Waals surface area contributed by atoms with Crippen LogP contribution in [-0.4, -0.2) is 39.1 Å². The number of nitrogens with zero attached hydrogens (tertiary/aromatic N) is 1.